The molecule has 0 nitrogen and oxygen atoms in total. The van der Waals surface area contributed by atoms with Gasteiger partial charge < -0.3 is 0 Å². The average Bonchev–Trinajstić information content (AvgIpc) is 2.54. The molecule has 2 aromatic rings. The summed E-state index contributed by atoms with van der Waals surface area (Å²) in [6.07, 6.45) is 0. The molecule has 0 N–H and O–H groups in total. The van der Waals surface area contributed by atoms with E-state index in [9.17, 15) is 0 Å². The van der Waals surface area contributed by atoms with Crippen LogP contribution in [0.25, 0.3) is 0 Å². The van der Waals surface area contributed by atoms with Crippen LogP contribution in [-0.2, 0) is 0 Å². The van der Waals surface area contributed by atoms with Crippen LogP contribution >= 0.6 is 0 Å². The smallest absolute Gasteiger partial charge is 0.0881 e. The second-order valence-corrected chi connectivity index (χ2v) is 4.01. The van der Waals surface area contributed by atoms with Crippen LogP contribution in [0.3, 0.4) is 0 Å². The molecule has 0 bridgehead atoms. The maximum atomic E-state index is 2.19. The van der Waals surface area contributed by atoms with E-state index in [4.69, 9.17) is 0 Å². The third-order valence-electron chi connectivity index (χ3n) is 2.68. The third-order valence-corrected chi connectivity index (χ3v) is 2.68. The molecule has 0 unspecified atom stereocenters. The monoisotopic (exact) mass is 264 g/mol. The molecule has 20 heavy (non-hydrogen) atoms. The first-order valence-electron chi connectivity index (χ1n) is 7.59. The van der Waals surface area contributed by atoms with Crippen molar-refractivity contribution in [3.8, 4) is 0 Å². The molecule has 2 heteroatoms. The van der Waals surface area contributed by atoms with Gasteiger partial charge in [-0.15, -0.1) is 0 Å². The fraction of sp³-hybridized carbons (Fsp3) is 0.333. The van der Waals surface area contributed by atoms with Crippen molar-refractivity contribution in [1.29, 1.82) is 0 Å². The van der Waals surface area contributed by atoms with Crippen molar-refractivity contribution in [1.82, 2.24) is 0 Å². The minimum absolute atomic E-state index is 1.24. The summed E-state index contributed by atoms with van der Waals surface area (Å²) in [7, 11) is 4.30. The van der Waals surface area contributed by atoms with Crippen molar-refractivity contribution in [2.24, 2.45) is 0 Å². The molecule has 104 valence electrons. The number of hydrogen-bond donors (Lipinski definition) is 0. The lowest BCUT2D eigenvalue weighted by atomic mass is 9.63. The molecule has 0 atom stereocenters. The maximum absolute atomic E-state index is 2.19. The highest BCUT2D eigenvalue weighted by Gasteiger charge is 1.98. The van der Waals surface area contributed by atoms with Gasteiger partial charge in [0.1, 0.15) is 7.28 Å². The highest BCUT2D eigenvalue weighted by Crippen LogP contribution is 1.92. The number of hydrogen-bond acceptors (Lipinski definition) is 0. The van der Waals surface area contributed by atoms with Gasteiger partial charge in [-0.05, 0) is 6.92 Å². The van der Waals surface area contributed by atoms with E-state index in [0.717, 1.165) is 0 Å². The van der Waals surface area contributed by atoms with Crippen LogP contribution in [0.2, 0.25) is 6.82 Å². The van der Waals surface area contributed by atoms with Gasteiger partial charge in [0.15, 0.2) is 7.28 Å². The molecule has 0 aliphatic carbocycles. The summed E-state index contributed by atoms with van der Waals surface area (Å²) in [6, 6.07) is 17.1. The van der Waals surface area contributed by atoms with E-state index in [0.29, 0.717) is 0 Å². The Morgan fingerprint density at radius 2 is 0.950 bits per heavy atom. The zero-order valence-electron chi connectivity index (χ0n) is 13.8. The Bertz CT molecular complexity index is 444. The predicted octanol–water partition coefficient (Wildman–Crippen LogP) is 3.08. The molecule has 0 spiro atoms. The Kier molecular flexibility index (Phi) is 10.6. The van der Waals surface area contributed by atoms with Gasteiger partial charge in [0.2, 0.25) is 0 Å². The zero-order chi connectivity index (χ0) is 15.4. The van der Waals surface area contributed by atoms with Gasteiger partial charge in [0, 0.05) is 0 Å². The summed E-state index contributed by atoms with van der Waals surface area (Å²) in [5.74, 6) is 0. The second-order valence-electron chi connectivity index (χ2n) is 4.01. The third kappa shape index (κ3) is 6.65. The SMILES string of the molecule is CC.CC.C[B]c1ccc([B]c2ccc(C)cc2)cc1. The van der Waals surface area contributed by atoms with E-state index in [1.807, 2.05) is 27.7 Å². The van der Waals surface area contributed by atoms with Crippen molar-refractivity contribution in [2.75, 3.05) is 0 Å². The maximum Gasteiger partial charge on any atom is 0.191 e. The summed E-state index contributed by atoms with van der Waals surface area (Å²) >= 11 is 0. The molecule has 0 fully saturated rings. The standard InChI is InChI=1S/C14H14B2.2C2H6/c1-11-3-5-13(6-4-11)16-14-9-7-12(15-2)8-10-14;2*1-2/h3-10H,1-2H3;2*1-2H3. The molecule has 0 aliphatic rings. The fourth-order valence-electron chi connectivity index (χ4n) is 1.64. The molecule has 0 aromatic heterocycles. The van der Waals surface area contributed by atoms with Crippen LogP contribution in [0.5, 0.6) is 0 Å². The van der Waals surface area contributed by atoms with Crippen LogP contribution < -0.4 is 16.4 Å². The van der Waals surface area contributed by atoms with Crippen molar-refractivity contribution in [3.05, 3.63) is 54.1 Å². The van der Waals surface area contributed by atoms with Crippen molar-refractivity contribution < 1.29 is 0 Å². The zero-order valence-corrected chi connectivity index (χ0v) is 13.8. The minimum Gasteiger partial charge on any atom is -0.0881 e. The Morgan fingerprint density at radius 1 is 0.600 bits per heavy atom. The first kappa shape index (κ1) is 18.6. The fourth-order valence-corrected chi connectivity index (χ4v) is 1.64. The summed E-state index contributed by atoms with van der Waals surface area (Å²) in [5.41, 5.74) is 5.06. The van der Waals surface area contributed by atoms with E-state index < -0.39 is 0 Å². The normalized spacial score (nSPS) is 8.50. The first-order valence-corrected chi connectivity index (χ1v) is 7.59. The highest BCUT2D eigenvalue weighted by atomic mass is 13.9. The molecular weight excluding hydrogens is 238 g/mol. The van der Waals surface area contributed by atoms with Crippen LogP contribution in [0, 0.1) is 6.92 Å². The Morgan fingerprint density at radius 3 is 1.35 bits per heavy atom. The molecule has 0 saturated heterocycles. The average molecular weight is 264 g/mol. The van der Waals surface area contributed by atoms with E-state index in [-0.39, 0.29) is 0 Å². The van der Waals surface area contributed by atoms with Crippen LogP contribution in [0.4, 0.5) is 0 Å². The number of aryl methyl sites for hydroxylation is 1. The quantitative estimate of drug-likeness (QED) is 0.747. The lowest BCUT2D eigenvalue weighted by molar-refractivity contribution is 1.49. The molecule has 0 amide bonds. The van der Waals surface area contributed by atoms with E-state index in [2.05, 4.69) is 76.8 Å². The lowest BCUT2D eigenvalue weighted by Gasteiger charge is -2.02. The summed E-state index contributed by atoms with van der Waals surface area (Å²) in [6.45, 7) is 12.2. The molecule has 2 radical (unpaired) electrons. The molecule has 0 heterocycles. The van der Waals surface area contributed by atoms with Crippen molar-refractivity contribution >= 4 is 30.9 Å². The van der Waals surface area contributed by atoms with E-state index in [1.54, 1.807) is 0 Å². The number of rotatable bonds is 3. The lowest BCUT2D eigenvalue weighted by Crippen LogP contribution is -2.28. The Hall–Kier alpha value is -1.43. The van der Waals surface area contributed by atoms with Crippen molar-refractivity contribution in [3.63, 3.8) is 0 Å². The van der Waals surface area contributed by atoms with Crippen molar-refractivity contribution in [2.45, 2.75) is 41.4 Å². The molecule has 2 rings (SSSR count). The van der Waals surface area contributed by atoms with Crippen LogP contribution in [-0.4, -0.2) is 14.6 Å². The summed E-state index contributed by atoms with van der Waals surface area (Å²) < 4.78 is 0. The summed E-state index contributed by atoms with van der Waals surface area (Å²) in [4.78, 5) is 0. The topological polar surface area (TPSA) is 0 Å². The first-order chi connectivity index (χ1) is 9.78. The Labute approximate surface area is 127 Å². The van der Waals surface area contributed by atoms with Gasteiger partial charge in [-0.1, -0.05) is 105 Å². The Balaban J connectivity index is 0.000000829. The van der Waals surface area contributed by atoms with Gasteiger partial charge in [-0.2, -0.15) is 0 Å². The molecule has 2 aromatic carbocycles. The van der Waals surface area contributed by atoms with Gasteiger partial charge in [-0.25, -0.2) is 0 Å². The van der Waals surface area contributed by atoms with Gasteiger partial charge in [0.05, 0.1) is 0 Å². The van der Waals surface area contributed by atoms with Crippen LogP contribution in [0.15, 0.2) is 48.5 Å². The van der Waals surface area contributed by atoms with Gasteiger partial charge in [-0.3, -0.25) is 0 Å². The minimum atomic E-state index is 1.24. The number of benzene rings is 2. The van der Waals surface area contributed by atoms with Crippen LogP contribution in [0.1, 0.15) is 33.3 Å². The van der Waals surface area contributed by atoms with E-state index >= 15 is 0 Å². The second kappa shape index (κ2) is 11.4. The molecule has 0 saturated carbocycles. The van der Waals surface area contributed by atoms with Gasteiger partial charge >= 0.3 is 0 Å². The summed E-state index contributed by atoms with van der Waals surface area (Å²) in [5, 5.41) is 0. The predicted molar refractivity (Wildman–Crippen MR) is 96.6 cm³/mol. The largest absolute Gasteiger partial charge is 0.191 e. The highest BCUT2D eigenvalue weighted by molar-refractivity contribution is 6.67. The van der Waals surface area contributed by atoms with E-state index in [1.165, 1.54) is 22.0 Å². The molecular formula is C18H26B2. The molecule has 0 aliphatic heterocycles. The van der Waals surface area contributed by atoms with Gasteiger partial charge in [0.25, 0.3) is 0 Å².